The molecule has 5 aromatic carbocycles. The van der Waals surface area contributed by atoms with Crippen LogP contribution in [0.4, 0.5) is 0 Å². The Kier molecular flexibility index (Phi) is 7.22. The zero-order chi connectivity index (χ0) is 22.1. The van der Waals surface area contributed by atoms with E-state index in [0.29, 0.717) is 17.1 Å². The van der Waals surface area contributed by atoms with Crippen LogP contribution in [-0.2, 0) is 0 Å². The predicted octanol–water partition coefficient (Wildman–Crippen LogP) is 6.48. The highest BCUT2D eigenvalue weighted by molar-refractivity contribution is 6.03. The second-order valence-electron chi connectivity index (χ2n) is 6.67. The molecule has 5 aromatic rings. The minimum absolute atomic E-state index is 0.322. The molecule has 3 N–H and O–H groups in total. The van der Waals surface area contributed by atoms with Crippen LogP contribution in [-0.4, -0.2) is 21.3 Å². The van der Waals surface area contributed by atoms with Crippen LogP contribution in [0, 0.1) is 0 Å². The maximum Gasteiger partial charge on any atom is 0.336 e. The summed E-state index contributed by atoms with van der Waals surface area (Å²) in [5.41, 5.74) is 0.359. The van der Waals surface area contributed by atoms with Crippen LogP contribution >= 0.6 is 0 Å². The van der Waals surface area contributed by atoms with E-state index < -0.39 is 5.97 Å². The lowest BCUT2D eigenvalue weighted by Gasteiger charge is -2.00. The second kappa shape index (κ2) is 10.5. The first-order valence-corrected chi connectivity index (χ1v) is 9.68. The number of aromatic carboxylic acids is 1. The van der Waals surface area contributed by atoms with Crippen molar-refractivity contribution in [3.05, 3.63) is 121 Å². The van der Waals surface area contributed by atoms with Crippen LogP contribution in [0.5, 0.6) is 11.5 Å². The molecule has 154 valence electrons. The molecule has 0 bridgehead atoms. The van der Waals surface area contributed by atoms with Crippen molar-refractivity contribution in [3.63, 3.8) is 0 Å². The van der Waals surface area contributed by atoms with E-state index in [4.69, 9.17) is 10.2 Å². The van der Waals surface area contributed by atoms with Crippen molar-refractivity contribution in [1.29, 1.82) is 0 Å². The van der Waals surface area contributed by atoms with Crippen LogP contribution in [0.25, 0.3) is 21.5 Å². The van der Waals surface area contributed by atoms with Gasteiger partial charge in [0, 0.05) is 5.39 Å². The van der Waals surface area contributed by atoms with Crippen molar-refractivity contribution in [2.75, 3.05) is 0 Å². The van der Waals surface area contributed by atoms with Crippen LogP contribution in [0.15, 0.2) is 115 Å². The summed E-state index contributed by atoms with van der Waals surface area (Å²) < 4.78 is 0. The Labute approximate surface area is 180 Å². The zero-order valence-electron chi connectivity index (χ0n) is 16.7. The van der Waals surface area contributed by atoms with Crippen LogP contribution in [0.3, 0.4) is 0 Å². The predicted molar refractivity (Wildman–Crippen MR) is 125 cm³/mol. The number of hydrogen-bond donors (Lipinski definition) is 3. The Morgan fingerprint density at radius 2 is 1.00 bits per heavy atom. The van der Waals surface area contributed by atoms with Gasteiger partial charge in [-0.15, -0.1) is 0 Å². The number of rotatable bonds is 1. The maximum atomic E-state index is 10.8. The van der Waals surface area contributed by atoms with Crippen LogP contribution in [0.2, 0.25) is 0 Å². The largest absolute Gasteiger partial charge is 0.508 e. The Hall–Kier alpha value is -4.31. The summed E-state index contributed by atoms with van der Waals surface area (Å²) in [7, 11) is 0. The second-order valence-corrected chi connectivity index (χ2v) is 6.67. The highest BCUT2D eigenvalue weighted by atomic mass is 16.4. The van der Waals surface area contributed by atoms with E-state index in [1.165, 1.54) is 0 Å². The average Bonchev–Trinajstić information content (AvgIpc) is 2.80. The third-order valence-electron chi connectivity index (χ3n) is 4.54. The van der Waals surface area contributed by atoms with E-state index in [-0.39, 0.29) is 0 Å². The molecule has 0 heterocycles. The van der Waals surface area contributed by atoms with Crippen molar-refractivity contribution < 1.29 is 20.1 Å². The maximum absolute atomic E-state index is 10.8. The number of carboxylic acids is 1. The summed E-state index contributed by atoms with van der Waals surface area (Å²) in [6.07, 6.45) is 0. The first kappa shape index (κ1) is 21.4. The summed E-state index contributed by atoms with van der Waals surface area (Å²) in [6.45, 7) is 0. The van der Waals surface area contributed by atoms with E-state index in [0.717, 1.165) is 21.5 Å². The number of aromatic hydroxyl groups is 2. The summed E-state index contributed by atoms with van der Waals surface area (Å²) in [5, 5.41) is 30.6. The SMILES string of the molecule is O=C(O)c1cccc2ccccc12.Oc1cccc2ccccc12.Oc1ccccc1. The molecule has 4 nitrogen and oxygen atoms in total. The molecule has 0 aliphatic carbocycles. The highest BCUT2D eigenvalue weighted by Gasteiger charge is 2.05. The minimum atomic E-state index is -0.878. The summed E-state index contributed by atoms with van der Waals surface area (Å²) in [4.78, 5) is 10.8. The highest BCUT2D eigenvalue weighted by Crippen LogP contribution is 2.23. The van der Waals surface area contributed by atoms with E-state index in [1.54, 1.807) is 42.5 Å². The fourth-order valence-electron chi connectivity index (χ4n) is 3.05. The topological polar surface area (TPSA) is 77.8 Å². The fraction of sp³-hybridized carbons (Fsp3) is 0. The molecule has 0 spiro atoms. The molecule has 0 fully saturated rings. The number of hydrogen-bond acceptors (Lipinski definition) is 3. The number of phenols is 2. The molecule has 0 amide bonds. The summed E-state index contributed by atoms with van der Waals surface area (Å²) >= 11 is 0. The molecule has 0 saturated heterocycles. The fourth-order valence-corrected chi connectivity index (χ4v) is 3.05. The minimum Gasteiger partial charge on any atom is -0.508 e. The number of carbonyl (C=O) groups is 1. The molecule has 5 rings (SSSR count). The Balaban J connectivity index is 0.000000138. The van der Waals surface area contributed by atoms with E-state index in [1.807, 2.05) is 72.8 Å². The number of carboxylic acid groups (broad SMARTS) is 1. The van der Waals surface area contributed by atoms with E-state index in [2.05, 4.69) is 0 Å². The Morgan fingerprint density at radius 3 is 1.55 bits per heavy atom. The van der Waals surface area contributed by atoms with Gasteiger partial charge in [-0.2, -0.15) is 0 Å². The monoisotopic (exact) mass is 410 g/mol. The van der Waals surface area contributed by atoms with Crippen molar-refractivity contribution in [3.8, 4) is 11.5 Å². The lowest BCUT2D eigenvalue weighted by atomic mass is 10.1. The van der Waals surface area contributed by atoms with Gasteiger partial charge < -0.3 is 15.3 Å². The van der Waals surface area contributed by atoms with Gasteiger partial charge >= 0.3 is 5.97 Å². The van der Waals surface area contributed by atoms with Gasteiger partial charge in [-0.05, 0) is 40.4 Å². The third-order valence-corrected chi connectivity index (χ3v) is 4.54. The zero-order valence-corrected chi connectivity index (χ0v) is 16.7. The normalized spacial score (nSPS) is 9.81. The molecule has 0 aliphatic rings. The molecule has 0 unspecified atom stereocenters. The van der Waals surface area contributed by atoms with Gasteiger partial charge in [-0.1, -0.05) is 91.0 Å². The molecule has 0 radical (unpaired) electrons. The number of fused-ring (bicyclic) bond motifs is 2. The van der Waals surface area contributed by atoms with Crippen molar-refractivity contribution in [2.45, 2.75) is 0 Å². The summed E-state index contributed by atoms with van der Waals surface area (Å²) in [5.74, 6) is -0.206. The van der Waals surface area contributed by atoms with Gasteiger partial charge in [-0.3, -0.25) is 0 Å². The van der Waals surface area contributed by atoms with Crippen LogP contribution in [0.1, 0.15) is 10.4 Å². The molecule has 0 aliphatic heterocycles. The average molecular weight is 410 g/mol. The van der Waals surface area contributed by atoms with Gasteiger partial charge in [0.25, 0.3) is 0 Å². The van der Waals surface area contributed by atoms with Crippen LogP contribution < -0.4 is 0 Å². The molecule has 0 atom stereocenters. The molecule has 4 heteroatoms. The molecule has 31 heavy (non-hydrogen) atoms. The Morgan fingerprint density at radius 1 is 0.516 bits per heavy atom. The molecule has 0 saturated carbocycles. The van der Waals surface area contributed by atoms with Crippen molar-refractivity contribution in [1.82, 2.24) is 0 Å². The smallest absolute Gasteiger partial charge is 0.336 e. The van der Waals surface area contributed by atoms with Crippen molar-refractivity contribution >= 4 is 27.5 Å². The first-order chi connectivity index (χ1) is 15.1. The van der Waals surface area contributed by atoms with Gasteiger partial charge in [-0.25, -0.2) is 4.79 Å². The molecular formula is C27H22O4. The summed E-state index contributed by atoms with van der Waals surface area (Å²) in [6, 6.07) is 34.7. The molecular weight excluding hydrogens is 388 g/mol. The van der Waals surface area contributed by atoms with Gasteiger partial charge in [0.2, 0.25) is 0 Å². The van der Waals surface area contributed by atoms with Gasteiger partial charge in [0.1, 0.15) is 11.5 Å². The number of phenolic OH excluding ortho intramolecular Hbond substituents is 2. The standard InChI is InChI=1S/C11H8O2.C10H8O.C6H6O/c12-11(13)10-7-3-5-8-4-1-2-6-9(8)10;11-10-7-3-5-8-4-1-2-6-9(8)10;7-6-4-2-1-3-5-6/h1-7H,(H,12,13);1-7,11H;1-5,7H. The van der Waals surface area contributed by atoms with Gasteiger partial charge in [0.05, 0.1) is 5.56 Å². The quantitative estimate of drug-likeness (QED) is 0.296. The number of para-hydroxylation sites is 1. The lowest BCUT2D eigenvalue weighted by molar-refractivity contribution is 0.0699. The number of benzene rings is 5. The van der Waals surface area contributed by atoms with E-state index >= 15 is 0 Å². The van der Waals surface area contributed by atoms with Gasteiger partial charge in [0.15, 0.2) is 0 Å². The Bertz CT molecular complexity index is 1270. The lowest BCUT2D eigenvalue weighted by Crippen LogP contribution is -1.96. The van der Waals surface area contributed by atoms with Crippen molar-refractivity contribution in [2.24, 2.45) is 0 Å². The molecule has 0 aromatic heterocycles. The third kappa shape index (κ3) is 5.84. The van der Waals surface area contributed by atoms with E-state index in [9.17, 15) is 9.90 Å². The first-order valence-electron chi connectivity index (χ1n) is 9.68.